The number of rotatable bonds is 6. The van der Waals surface area contributed by atoms with E-state index in [2.05, 4.69) is 11.4 Å². The molecule has 1 amide bonds. The van der Waals surface area contributed by atoms with Crippen molar-refractivity contribution in [1.82, 2.24) is 4.98 Å². The number of fused-ring (bicyclic) bond motifs is 3. The van der Waals surface area contributed by atoms with Crippen LogP contribution in [0, 0.1) is 0 Å². The number of hydrogen-bond donors (Lipinski definition) is 1. The van der Waals surface area contributed by atoms with Gasteiger partial charge in [-0.05, 0) is 71.7 Å². The Hall–Kier alpha value is -4.97. The Morgan fingerprint density at radius 3 is 2.45 bits per heavy atom. The predicted molar refractivity (Wildman–Crippen MR) is 158 cm³/mol. The van der Waals surface area contributed by atoms with Crippen LogP contribution in [0.15, 0.2) is 91.0 Å². The van der Waals surface area contributed by atoms with Gasteiger partial charge in [-0.15, -0.1) is 0 Å². The van der Waals surface area contributed by atoms with E-state index in [1.54, 1.807) is 7.11 Å². The number of methoxy groups -OCH3 is 1. The monoisotopic (exact) mass is 528 g/mol. The van der Waals surface area contributed by atoms with Crippen molar-refractivity contribution in [2.45, 2.75) is 19.3 Å². The summed E-state index contributed by atoms with van der Waals surface area (Å²) in [6.45, 7) is -0.387. The van der Waals surface area contributed by atoms with Gasteiger partial charge in [0.25, 0.3) is 5.91 Å². The second kappa shape index (κ2) is 11.0. The standard InChI is InChI=1S/C34H28N2O4/c1-39-25-18-16-22(17-19-25)20-24-10-6-13-28-32(27-12-4-5-14-30(27)36-33(24)28)34(38)40-21-31(37)35-29-15-7-9-23-8-2-3-11-26(23)29/h2-5,7-9,11-12,14-20H,6,10,13,21H2,1H3,(H,35,37). The first-order valence-corrected chi connectivity index (χ1v) is 13.3. The third-order valence-electron chi connectivity index (χ3n) is 7.23. The van der Waals surface area contributed by atoms with Gasteiger partial charge in [-0.25, -0.2) is 9.78 Å². The number of aromatic nitrogens is 1. The van der Waals surface area contributed by atoms with Gasteiger partial charge >= 0.3 is 5.97 Å². The van der Waals surface area contributed by atoms with E-state index in [4.69, 9.17) is 14.5 Å². The number of ether oxygens (including phenoxy) is 2. The van der Waals surface area contributed by atoms with Crippen molar-refractivity contribution in [2.75, 3.05) is 19.0 Å². The highest BCUT2D eigenvalue weighted by Crippen LogP contribution is 2.36. The topological polar surface area (TPSA) is 77.5 Å². The summed E-state index contributed by atoms with van der Waals surface area (Å²) in [5, 5.41) is 5.56. The second-order valence-electron chi connectivity index (χ2n) is 9.78. The molecule has 0 aliphatic heterocycles. The molecule has 0 radical (unpaired) electrons. The minimum atomic E-state index is -0.520. The number of carbonyl (C=O) groups is 2. The van der Waals surface area contributed by atoms with Crippen LogP contribution in [0.3, 0.4) is 0 Å². The number of allylic oxidation sites excluding steroid dienone is 1. The highest BCUT2D eigenvalue weighted by molar-refractivity contribution is 6.08. The summed E-state index contributed by atoms with van der Waals surface area (Å²) in [5.41, 5.74) is 5.67. The SMILES string of the molecule is COc1ccc(C=C2CCCc3c2nc2ccccc2c3C(=O)OCC(=O)Nc2cccc3ccccc23)cc1. The average molecular weight is 529 g/mol. The number of benzene rings is 4. The Balaban J connectivity index is 1.29. The lowest BCUT2D eigenvalue weighted by Gasteiger charge is -2.22. The highest BCUT2D eigenvalue weighted by Gasteiger charge is 2.26. The quantitative estimate of drug-likeness (QED) is 0.239. The molecule has 0 saturated heterocycles. The van der Waals surface area contributed by atoms with Crippen molar-refractivity contribution in [3.8, 4) is 5.75 Å². The molecule has 0 unspecified atom stereocenters. The number of pyridine rings is 1. The zero-order valence-electron chi connectivity index (χ0n) is 22.1. The molecular weight excluding hydrogens is 500 g/mol. The number of hydrogen-bond acceptors (Lipinski definition) is 5. The van der Waals surface area contributed by atoms with E-state index in [9.17, 15) is 9.59 Å². The number of nitrogens with one attached hydrogen (secondary N) is 1. The van der Waals surface area contributed by atoms with E-state index < -0.39 is 11.9 Å². The summed E-state index contributed by atoms with van der Waals surface area (Å²) in [7, 11) is 1.65. The zero-order valence-corrected chi connectivity index (χ0v) is 22.1. The van der Waals surface area contributed by atoms with Crippen LogP contribution in [0.1, 0.15) is 40.0 Å². The first kappa shape index (κ1) is 25.3. The molecule has 198 valence electrons. The van der Waals surface area contributed by atoms with Crippen LogP contribution in [0.5, 0.6) is 5.75 Å². The van der Waals surface area contributed by atoms with Crippen molar-refractivity contribution >= 4 is 50.9 Å². The van der Waals surface area contributed by atoms with Gasteiger partial charge in [0.2, 0.25) is 0 Å². The molecule has 4 aromatic carbocycles. The zero-order chi connectivity index (χ0) is 27.5. The van der Waals surface area contributed by atoms with E-state index in [1.807, 2.05) is 91.0 Å². The molecular formula is C34H28N2O4. The number of carbonyl (C=O) groups excluding carboxylic acids is 2. The van der Waals surface area contributed by atoms with Gasteiger partial charge in [0, 0.05) is 16.5 Å². The van der Waals surface area contributed by atoms with Gasteiger partial charge in [0.05, 0.1) is 23.9 Å². The van der Waals surface area contributed by atoms with E-state index in [-0.39, 0.29) is 6.61 Å². The van der Waals surface area contributed by atoms with Gasteiger partial charge in [0.1, 0.15) is 5.75 Å². The Morgan fingerprint density at radius 1 is 0.875 bits per heavy atom. The lowest BCUT2D eigenvalue weighted by Crippen LogP contribution is -2.22. The normalized spacial score (nSPS) is 13.7. The van der Waals surface area contributed by atoms with Crippen molar-refractivity contribution < 1.29 is 19.1 Å². The number of esters is 1. The minimum Gasteiger partial charge on any atom is -0.497 e. The maximum absolute atomic E-state index is 13.6. The summed E-state index contributed by atoms with van der Waals surface area (Å²) < 4.78 is 10.9. The third kappa shape index (κ3) is 5.04. The number of anilines is 1. The van der Waals surface area contributed by atoms with E-state index in [0.717, 1.165) is 62.7 Å². The second-order valence-corrected chi connectivity index (χ2v) is 9.78. The summed E-state index contributed by atoms with van der Waals surface area (Å²) in [6, 6.07) is 29.0. The molecule has 6 nitrogen and oxygen atoms in total. The Morgan fingerprint density at radius 2 is 1.62 bits per heavy atom. The highest BCUT2D eigenvalue weighted by atomic mass is 16.5. The molecule has 5 aromatic rings. The summed E-state index contributed by atoms with van der Waals surface area (Å²) in [5.74, 6) is -0.115. The van der Waals surface area contributed by atoms with E-state index in [1.165, 1.54) is 0 Å². The Labute approximate surface area is 232 Å². The van der Waals surface area contributed by atoms with Crippen LogP contribution in [-0.4, -0.2) is 30.6 Å². The molecule has 0 saturated carbocycles. The van der Waals surface area contributed by atoms with Crippen LogP contribution < -0.4 is 10.1 Å². The summed E-state index contributed by atoms with van der Waals surface area (Å²) in [4.78, 5) is 31.4. The lowest BCUT2D eigenvalue weighted by molar-refractivity contribution is -0.119. The molecule has 1 N–H and O–H groups in total. The molecule has 0 atom stereocenters. The average Bonchev–Trinajstić information content (AvgIpc) is 2.99. The van der Waals surface area contributed by atoms with Gasteiger partial charge in [-0.1, -0.05) is 66.7 Å². The van der Waals surface area contributed by atoms with Gasteiger partial charge < -0.3 is 14.8 Å². The fraction of sp³-hybridized carbons (Fsp3) is 0.147. The smallest absolute Gasteiger partial charge is 0.339 e. The molecule has 0 fully saturated rings. The fourth-order valence-corrected chi connectivity index (χ4v) is 5.33. The third-order valence-corrected chi connectivity index (χ3v) is 7.23. The fourth-order valence-electron chi connectivity index (χ4n) is 5.33. The molecule has 1 aliphatic carbocycles. The van der Waals surface area contributed by atoms with Crippen molar-refractivity contribution in [2.24, 2.45) is 0 Å². The van der Waals surface area contributed by atoms with Crippen molar-refractivity contribution in [3.05, 3.63) is 113 Å². The minimum absolute atomic E-state index is 0.387. The van der Waals surface area contributed by atoms with Crippen LogP contribution >= 0.6 is 0 Å². The largest absolute Gasteiger partial charge is 0.497 e. The first-order valence-electron chi connectivity index (χ1n) is 13.3. The molecule has 6 rings (SSSR count). The molecule has 6 heteroatoms. The maximum Gasteiger partial charge on any atom is 0.339 e. The molecule has 1 aliphatic rings. The van der Waals surface area contributed by atoms with Gasteiger partial charge in [0.15, 0.2) is 6.61 Å². The molecule has 0 bridgehead atoms. The van der Waals surface area contributed by atoms with Crippen LogP contribution in [0.25, 0.3) is 33.3 Å². The lowest BCUT2D eigenvalue weighted by atomic mass is 9.86. The van der Waals surface area contributed by atoms with E-state index >= 15 is 0 Å². The number of nitrogens with zero attached hydrogens (tertiary/aromatic N) is 1. The van der Waals surface area contributed by atoms with Gasteiger partial charge in [-0.3, -0.25) is 4.79 Å². The van der Waals surface area contributed by atoms with E-state index in [0.29, 0.717) is 17.7 Å². The Bertz CT molecular complexity index is 1770. The van der Waals surface area contributed by atoms with Crippen LogP contribution in [0.4, 0.5) is 5.69 Å². The predicted octanol–water partition coefficient (Wildman–Crippen LogP) is 7.07. The molecule has 1 heterocycles. The van der Waals surface area contributed by atoms with Crippen LogP contribution in [-0.2, 0) is 16.0 Å². The van der Waals surface area contributed by atoms with Gasteiger partial charge in [-0.2, -0.15) is 0 Å². The van der Waals surface area contributed by atoms with Crippen LogP contribution in [0.2, 0.25) is 0 Å². The summed E-state index contributed by atoms with van der Waals surface area (Å²) >= 11 is 0. The number of para-hydroxylation sites is 1. The maximum atomic E-state index is 13.6. The molecule has 1 aromatic heterocycles. The van der Waals surface area contributed by atoms with Crippen molar-refractivity contribution in [1.29, 1.82) is 0 Å². The Kier molecular flexibility index (Phi) is 6.98. The first-order chi connectivity index (χ1) is 19.6. The molecule has 0 spiro atoms. The molecule has 40 heavy (non-hydrogen) atoms. The van der Waals surface area contributed by atoms with Crippen molar-refractivity contribution in [3.63, 3.8) is 0 Å². The number of amides is 1. The summed E-state index contributed by atoms with van der Waals surface area (Å²) in [6.07, 6.45) is 4.56.